The second kappa shape index (κ2) is 4.85. The van der Waals surface area contributed by atoms with Gasteiger partial charge in [-0.05, 0) is 31.2 Å². The Morgan fingerprint density at radius 1 is 1.20 bits per heavy atom. The normalized spacial score (nSPS) is 10.9. The summed E-state index contributed by atoms with van der Waals surface area (Å²) < 4.78 is 19.6. The Balaban J connectivity index is 2.12. The van der Waals surface area contributed by atoms with Crippen LogP contribution in [0.2, 0.25) is 0 Å². The van der Waals surface area contributed by atoms with E-state index in [1.807, 2.05) is 6.92 Å². The Labute approximate surface area is 115 Å². The molecule has 2 N–H and O–H groups in total. The van der Waals surface area contributed by atoms with E-state index >= 15 is 0 Å². The van der Waals surface area contributed by atoms with Gasteiger partial charge in [0.2, 0.25) is 0 Å². The van der Waals surface area contributed by atoms with E-state index in [0.717, 1.165) is 0 Å². The molecule has 0 unspecified atom stereocenters. The van der Waals surface area contributed by atoms with Gasteiger partial charge < -0.3 is 10.2 Å². The lowest BCUT2D eigenvalue weighted by atomic mass is 10.3. The Morgan fingerprint density at radius 3 is 2.70 bits per heavy atom. The second-order valence-electron chi connectivity index (χ2n) is 4.39. The predicted molar refractivity (Wildman–Crippen MR) is 77.5 cm³/mol. The maximum atomic E-state index is 13.9. The van der Waals surface area contributed by atoms with Crippen LogP contribution in [0.25, 0.3) is 11.1 Å². The molecule has 20 heavy (non-hydrogen) atoms. The van der Waals surface area contributed by atoms with E-state index in [4.69, 9.17) is 10.2 Å². The second-order valence-corrected chi connectivity index (χ2v) is 4.39. The smallest absolute Gasteiger partial charge is 0.303 e. The van der Waals surface area contributed by atoms with Gasteiger partial charge in [-0.1, -0.05) is 18.2 Å². The van der Waals surface area contributed by atoms with Gasteiger partial charge in [0.05, 0.1) is 11.4 Å². The molecule has 0 aliphatic heterocycles. The highest BCUT2D eigenvalue weighted by atomic mass is 19.1. The molecule has 0 atom stereocenters. The standard InChI is InChI=1S/C15H14FN3O/c1-2-19(12-8-4-3-6-10(12)16)15-18-14-11(17)7-5-9-13(14)20-15/h3-9H,2,17H2,1H3. The highest BCUT2D eigenvalue weighted by Crippen LogP contribution is 2.31. The van der Waals surface area contributed by atoms with Gasteiger partial charge in [-0.25, -0.2) is 4.39 Å². The van der Waals surface area contributed by atoms with Crippen molar-refractivity contribution in [1.82, 2.24) is 4.98 Å². The molecule has 102 valence electrons. The molecule has 0 saturated carbocycles. The van der Waals surface area contributed by atoms with Gasteiger partial charge in [0.25, 0.3) is 0 Å². The number of anilines is 3. The van der Waals surface area contributed by atoms with Crippen molar-refractivity contribution in [1.29, 1.82) is 0 Å². The zero-order chi connectivity index (χ0) is 14.1. The van der Waals surface area contributed by atoms with Gasteiger partial charge in [0.15, 0.2) is 5.58 Å². The molecule has 4 nitrogen and oxygen atoms in total. The zero-order valence-electron chi connectivity index (χ0n) is 11.0. The molecule has 5 heteroatoms. The van der Waals surface area contributed by atoms with Crippen LogP contribution in [0.15, 0.2) is 46.9 Å². The summed E-state index contributed by atoms with van der Waals surface area (Å²) in [6.45, 7) is 2.44. The molecule has 0 aliphatic rings. The topological polar surface area (TPSA) is 55.3 Å². The first-order valence-corrected chi connectivity index (χ1v) is 6.38. The number of rotatable bonds is 3. The lowest BCUT2D eigenvalue weighted by molar-refractivity contribution is 0.582. The van der Waals surface area contributed by atoms with Gasteiger partial charge in [-0.3, -0.25) is 4.90 Å². The average molecular weight is 271 g/mol. The maximum Gasteiger partial charge on any atom is 0.303 e. The van der Waals surface area contributed by atoms with Crippen LogP contribution in [0.3, 0.4) is 0 Å². The number of oxazole rings is 1. The van der Waals surface area contributed by atoms with Crippen molar-refractivity contribution in [2.75, 3.05) is 17.2 Å². The van der Waals surface area contributed by atoms with Crippen molar-refractivity contribution in [3.63, 3.8) is 0 Å². The molecule has 2 aromatic carbocycles. The number of hydrogen-bond acceptors (Lipinski definition) is 4. The third-order valence-corrected chi connectivity index (χ3v) is 3.13. The largest absolute Gasteiger partial charge is 0.423 e. The third-order valence-electron chi connectivity index (χ3n) is 3.13. The van der Waals surface area contributed by atoms with Crippen molar-refractivity contribution in [3.05, 3.63) is 48.3 Å². The summed E-state index contributed by atoms with van der Waals surface area (Å²) in [4.78, 5) is 6.04. The number of nitrogens with two attached hydrogens (primary N) is 1. The van der Waals surface area contributed by atoms with Gasteiger partial charge in [-0.2, -0.15) is 4.98 Å². The van der Waals surface area contributed by atoms with Crippen molar-refractivity contribution >= 4 is 28.5 Å². The van der Waals surface area contributed by atoms with Crippen LogP contribution in [0.4, 0.5) is 21.8 Å². The monoisotopic (exact) mass is 271 g/mol. The fourth-order valence-electron chi connectivity index (χ4n) is 2.15. The quantitative estimate of drug-likeness (QED) is 0.738. The lowest BCUT2D eigenvalue weighted by Gasteiger charge is -2.18. The molecule has 3 rings (SSSR count). The number of para-hydroxylation sites is 2. The molecule has 0 bridgehead atoms. The van der Waals surface area contributed by atoms with Crippen molar-refractivity contribution < 1.29 is 8.81 Å². The summed E-state index contributed by atoms with van der Waals surface area (Å²) in [6, 6.07) is 12.2. The first-order valence-electron chi connectivity index (χ1n) is 6.38. The number of fused-ring (bicyclic) bond motifs is 1. The fraction of sp³-hybridized carbons (Fsp3) is 0.133. The van der Waals surface area contributed by atoms with E-state index in [2.05, 4.69) is 4.98 Å². The van der Waals surface area contributed by atoms with Crippen LogP contribution in [0.1, 0.15) is 6.92 Å². The Morgan fingerprint density at radius 2 is 2.00 bits per heavy atom. The van der Waals surface area contributed by atoms with Gasteiger partial charge in [-0.15, -0.1) is 0 Å². The summed E-state index contributed by atoms with van der Waals surface area (Å²) in [6.07, 6.45) is 0. The van der Waals surface area contributed by atoms with Gasteiger partial charge in [0.1, 0.15) is 11.3 Å². The molecular formula is C15H14FN3O. The van der Waals surface area contributed by atoms with Crippen LogP contribution in [-0.4, -0.2) is 11.5 Å². The summed E-state index contributed by atoms with van der Waals surface area (Å²) in [7, 11) is 0. The number of hydrogen-bond donors (Lipinski definition) is 1. The van der Waals surface area contributed by atoms with Crippen LogP contribution < -0.4 is 10.6 Å². The zero-order valence-corrected chi connectivity index (χ0v) is 11.0. The highest BCUT2D eigenvalue weighted by Gasteiger charge is 2.18. The molecule has 3 aromatic rings. The van der Waals surface area contributed by atoms with Crippen molar-refractivity contribution in [3.8, 4) is 0 Å². The van der Waals surface area contributed by atoms with E-state index in [0.29, 0.717) is 35.0 Å². The summed E-state index contributed by atoms with van der Waals surface area (Å²) in [5.41, 5.74) is 8.03. The van der Waals surface area contributed by atoms with Crippen molar-refractivity contribution in [2.45, 2.75) is 6.92 Å². The van der Waals surface area contributed by atoms with E-state index in [-0.39, 0.29) is 5.82 Å². The molecule has 1 heterocycles. The molecule has 0 aliphatic carbocycles. The number of halogens is 1. The molecule has 0 spiro atoms. The SMILES string of the molecule is CCN(c1nc2c(N)cccc2o1)c1ccccc1F. The minimum absolute atomic E-state index is 0.315. The van der Waals surface area contributed by atoms with Crippen LogP contribution in [-0.2, 0) is 0 Å². The molecule has 0 fully saturated rings. The summed E-state index contributed by atoms with van der Waals surface area (Å²) in [5, 5.41) is 0. The van der Waals surface area contributed by atoms with E-state index < -0.39 is 0 Å². The Bertz CT molecular complexity index is 754. The van der Waals surface area contributed by atoms with E-state index in [9.17, 15) is 4.39 Å². The van der Waals surface area contributed by atoms with Crippen LogP contribution in [0, 0.1) is 5.82 Å². The van der Waals surface area contributed by atoms with Crippen molar-refractivity contribution in [2.24, 2.45) is 0 Å². The minimum Gasteiger partial charge on any atom is -0.423 e. The van der Waals surface area contributed by atoms with Crippen LogP contribution >= 0.6 is 0 Å². The van der Waals surface area contributed by atoms with Gasteiger partial charge in [0, 0.05) is 6.54 Å². The van der Waals surface area contributed by atoms with E-state index in [1.54, 1.807) is 41.3 Å². The Hall–Kier alpha value is -2.56. The lowest BCUT2D eigenvalue weighted by Crippen LogP contribution is -2.17. The summed E-state index contributed by atoms with van der Waals surface area (Å²) >= 11 is 0. The minimum atomic E-state index is -0.315. The number of nitrogens with zero attached hydrogens (tertiary/aromatic N) is 2. The third kappa shape index (κ3) is 1.97. The number of nitrogen functional groups attached to an aromatic ring is 1. The first kappa shape index (κ1) is 12.5. The Kier molecular flexibility index (Phi) is 3.02. The highest BCUT2D eigenvalue weighted by molar-refractivity contribution is 5.86. The molecular weight excluding hydrogens is 257 g/mol. The molecule has 0 radical (unpaired) electrons. The number of benzene rings is 2. The predicted octanol–water partition coefficient (Wildman–Crippen LogP) is 3.71. The first-order chi connectivity index (χ1) is 9.70. The van der Waals surface area contributed by atoms with Crippen LogP contribution in [0.5, 0.6) is 0 Å². The molecule has 0 amide bonds. The number of aromatic nitrogens is 1. The maximum absolute atomic E-state index is 13.9. The van der Waals surface area contributed by atoms with E-state index in [1.165, 1.54) is 6.07 Å². The molecule has 1 aromatic heterocycles. The fourth-order valence-corrected chi connectivity index (χ4v) is 2.15. The average Bonchev–Trinajstić information content (AvgIpc) is 2.87. The molecule has 0 saturated heterocycles. The summed E-state index contributed by atoms with van der Waals surface area (Å²) in [5.74, 6) is -0.315. The van der Waals surface area contributed by atoms with Gasteiger partial charge >= 0.3 is 6.01 Å².